The van der Waals surface area contributed by atoms with E-state index in [0.717, 1.165) is 37.7 Å². The number of nitrogens with zero attached hydrogens (tertiary/aromatic N) is 1. The lowest BCUT2D eigenvalue weighted by molar-refractivity contribution is -0.141. The number of halogens is 1. The first kappa shape index (κ1) is 21.4. The van der Waals surface area contributed by atoms with Crippen molar-refractivity contribution in [2.24, 2.45) is 0 Å². The Bertz CT molecular complexity index is 1040. The zero-order chi connectivity index (χ0) is 22.1. The first-order valence-corrected chi connectivity index (χ1v) is 11.1. The molecule has 1 N–H and O–H groups in total. The van der Waals surface area contributed by atoms with Gasteiger partial charge in [-0.1, -0.05) is 55.6 Å². The van der Waals surface area contributed by atoms with Gasteiger partial charge in [0.05, 0.1) is 23.7 Å². The molecule has 1 unspecified atom stereocenters. The van der Waals surface area contributed by atoms with Crippen molar-refractivity contribution in [1.29, 1.82) is 0 Å². The zero-order valence-electron chi connectivity index (χ0n) is 17.7. The maximum Gasteiger partial charge on any atom is 0.295 e. The van der Waals surface area contributed by atoms with Crippen molar-refractivity contribution in [3.63, 3.8) is 0 Å². The number of aliphatic hydroxyl groups excluding tert-OH is 1. The first-order chi connectivity index (χ1) is 15.0. The number of aryl methyl sites for hydroxylation is 1. The number of Topliss-reactive ketones (excluding diaryl/α,β-unsaturated/α-hetero) is 1. The van der Waals surface area contributed by atoms with E-state index in [0.29, 0.717) is 16.3 Å². The summed E-state index contributed by atoms with van der Waals surface area (Å²) in [7, 11) is 1.49. The fourth-order valence-corrected chi connectivity index (χ4v) is 4.83. The van der Waals surface area contributed by atoms with Gasteiger partial charge in [-0.2, -0.15) is 0 Å². The first-order valence-electron chi connectivity index (χ1n) is 10.7. The molecule has 1 atom stereocenters. The molecule has 2 aromatic rings. The molecule has 1 heterocycles. The van der Waals surface area contributed by atoms with E-state index in [1.165, 1.54) is 12.7 Å². The Balaban J connectivity index is 1.87. The summed E-state index contributed by atoms with van der Waals surface area (Å²) in [6.45, 7) is 2.08. The predicted octanol–water partition coefficient (Wildman–Crippen LogP) is 5.28. The maximum absolute atomic E-state index is 13.1. The molecule has 5 nitrogen and oxygen atoms in total. The van der Waals surface area contributed by atoms with Gasteiger partial charge in [0.2, 0.25) is 0 Å². The van der Waals surface area contributed by atoms with Gasteiger partial charge in [0, 0.05) is 11.6 Å². The van der Waals surface area contributed by atoms with Crippen LogP contribution in [0.2, 0.25) is 5.02 Å². The highest BCUT2D eigenvalue weighted by Crippen LogP contribution is 2.44. The molecule has 6 heteroatoms. The quantitative estimate of drug-likeness (QED) is 0.391. The van der Waals surface area contributed by atoms with Gasteiger partial charge in [0.15, 0.2) is 0 Å². The van der Waals surface area contributed by atoms with Crippen LogP contribution in [0.3, 0.4) is 0 Å². The molecule has 1 saturated carbocycles. The number of likely N-dealkylation sites (tertiary alicyclic amines) is 1. The summed E-state index contributed by atoms with van der Waals surface area (Å²) < 4.78 is 5.26. The van der Waals surface area contributed by atoms with Crippen LogP contribution in [-0.2, 0) is 16.0 Å². The van der Waals surface area contributed by atoms with Gasteiger partial charge in [0.25, 0.3) is 11.7 Å². The van der Waals surface area contributed by atoms with Gasteiger partial charge in [-0.3, -0.25) is 9.59 Å². The van der Waals surface area contributed by atoms with E-state index < -0.39 is 17.7 Å². The molecule has 1 amide bonds. The number of benzene rings is 2. The van der Waals surface area contributed by atoms with Crippen LogP contribution in [-0.4, -0.2) is 34.8 Å². The summed E-state index contributed by atoms with van der Waals surface area (Å²) in [5.41, 5.74) is 2.50. The van der Waals surface area contributed by atoms with Gasteiger partial charge in [-0.05, 0) is 48.6 Å². The van der Waals surface area contributed by atoms with Crippen molar-refractivity contribution < 1.29 is 19.4 Å². The minimum absolute atomic E-state index is 0.00245. The lowest BCUT2D eigenvalue weighted by Crippen LogP contribution is -2.37. The van der Waals surface area contributed by atoms with Crippen molar-refractivity contribution in [1.82, 2.24) is 4.90 Å². The largest absolute Gasteiger partial charge is 0.507 e. The van der Waals surface area contributed by atoms with Crippen molar-refractivity contribution >= 4 is 29.1 Å². The van der Waals surface area contributed by atoms with Crippen LogP contribution in [0, 0.1) is 0 Å². The summed E-state index contributed by atoms with van der Waals surface area (Å²) in [5, 5.41) is 11.6. The van der Waals surface area contributed by atoms with Crippen LogP contribution < -0.4 is 4.74 Å². The summed E-state index contributed by atoms with van der Waals surface area (Å²) in [4.78, 5) is 27.9. The third kappa shape index (κ3) is 3.83. The molecular weight excluding hydrogens is 414 g/mol. The second-order valence-corrected chi connectivity index (χ2v) is 8.50. The van der Waals surface area contributed by atoms with Crippen LogP contribution in [0.1, 0.15) is 55.3 Å². The van der Waals surface area contributed by atoms with Crippen LogP contribution in [0.25, 0.3) is 5.76 Å². The molecule has 1 saturated heterocycles. The summed E-state index contributed by atoms with van der Waals surface area (Å²) >= 11 is 6.12. The number of hydrogen-bond acceptors (Lipinski definition) is 4. The Morgan fingerprint density at radius 1 is 1.13 bits per heavy atom. The molecule has 162 valence electrons. The predicted molar refractivity (Wildman–Crippen MR) is 120 cm³/mol. The molecule has 31 heavy (non-hydrogen) atoms. The number of methoxy groups -OCH3 is 1. The zero-order valence-corrected chi connectivity index (χ0v) is 18.5. The van der Waals surface area contributed by atoms with E-state index in [2.05, 4.69) is 6.92 Å². The molecule has 1 aliphatic heterocycles. The maximum atomic E-state index is 13.1. The van der Waals surface area contributed by atoms with E-state index >= 15 is 0 Å². The Labute approximate surface area is 187 Å². The molecule has 0 aromatic heterocycles. The third-order valence-corrected chi connectivity index (χ3v) is 6.64. The van der Waals surface area contributed by atoms with E-state index in [9.17, 15) is 14.7 Å². The lowest BCUT2D eigenvalue weighted by Gasteiger charge is -2.30. The average Bonchev–Trinajstić information content (AvgIpc) is 3.40. The summed E-state index contributed by atoms with van der Waals surface area (Å²) in [6, 6.07) is 12.1. The second-order valence-electron chi connectivity index (χ2n) is 8.09. The molecule has 4 rings (SSSR count). The monoisotopic (exact) mass is 439 g/mol. The van der Waals surface area contributed by atoms with Crippen molar-refractivity contribution in [3.8, 4) is 5.75 Å². The SMILES string of the molecule is CCc1ccc(C2/C(=C(/O)c3ccc(Cl)c(OC)c3)C(=O)C(=O)N2C2CCCC2)cc1. The number of aliphatic hydroxyl groups is 1. The Morgan fingerprint density at radius 2 is 1.81 bits per heavy atom. The molecule has 2 fully saturated rings. The third-order valence-electron chi connectivity index (χ3n) is 6.33. The van der Waals surface area contributed by atoms with Gasteiger partial charge in [-0.15, -0.1) is 0 Å². The highest BCUT2D eigenvalue weighted by Gasteiger charge is 2.49. The molecule has 2 aromatic carbocycles. The van der Waals surface area contributed by atoms with Crippen molar-refractivity contribution in [3.05, 3.63) is 69.8 Å². The minimum atomic E-state index is -0.650. The minimum Gasteiger partial charge on any atom is -0.507 e. The van der Waals surface area contributed by atoms with Gasteiger partial charge < -0.3 is 14.7 Å². The fraction of sp³-hybridized carbons (Fsp3) is 0.360. The number of amides is 1. The normalized spacial score (nSPS) is 21.1. The van der Waals surface area contributed by atoms with Crippen LogP contribution in [0.4, 0.5) is 0 Å². The van der Waals surface area contributed by atoms with E-state index in [-0.39, 0.29) is 17.4 Å². The van der Waals surface area contributed by atoms with Crippen molar-refractivity contribution in [2.45, 2.75) is 51.1 Å². The average molecular weight is 440 g/mol. The van der Waals surface area contributed by atoms with E-state index in [1.54, 1.807) is 23.1 Å². The van der Waals surface area contributed by atoms with E-state index in [1.807, 2.05) is 24.3 Å². The molecule has 1 aliphatic carbocycles. The Hall–Kier alpha value is -2.79. The number of carbonyl (C=O) groups is 2. The van der Waals surface area contributed by atoms with Crippen LogP contribution in [0.5, 0.6) is 5.75 Å². The molecule has 0 spiro atoms. The smallest absolute Gasteiger partial charge is 0.295 e. The fourth-order valence-electron chi connectivity index (χ4n) is 4.63. The summed E-state index contributed by atoms with van der Waals surface area (Å²) in [5.74, 6) is -1.01. The van der Waals surface area contributed by atoms with Gasteiger partial charge in [-0.25, -0.2) is 0 Å². The Morgan fingerprint density at radius 3 is 2.42 bits per heavy atom. The topological polar surface area (TPSA) is 66.8 Å². The van der Waals surface area contributed by atoms with E-state index in [4.69, 9.17) is 16.3 Å². The summed E-state index contributed by atoms with van der Waals surface area (Å²) in [6.07, 6.45) is 4.69. The number of rotatable bonds is 5. The Kier molecular flexibility index (Phi) is 6.05. The van der Waals surface area contributed by atoms with Gasteiger partial charge in [0.1, 0.15) is 11.5 Å². The molecule has 2 aliphatic rings. The molecular formula is C25H26ClNO4. The van der Waals surface area contributed by atoms with Gasteiger partial charge >= 0.3 is 0 Å². The lowest BCUT2D eigenvalue weighted by atomic mass is 9.93. The number of ketones is 1. The molecule has 0 radical (unpaired) electrons. The highest BCUT2D eigenvalue weighted by atomic mass is 35.5. The number of ether oxygens (including phenoxy) is 1. The van der Waals surface area contributed by atoms with Crippen LogP contribution >= 0.6 is 11.6 Å². The second kappa shape index (κ2) is 8.75. The number of hydrogen-bond donors (Lipinski definition) is 1. The standard InChI is InChI=1S/C25H26ClNO4/c1-3-15-8-10-16(11-9-15)22-21(23(28)17-12-13-19(26)20(14-17)31-2)24(29)25(30)27(22)18-6-4-5-7-18/h8-14,18,22,28H,3-7H2,1-2H3/b23-21-. The van der Waals surface area contributed by atoms with Crippen LogP contribution in [0.15, 0.2) is 48.0 Å². The molecule has 0 bridgehead atoms. The number of carbonyl (C=O) groups excluding carboxylic acids is 2. The highest BCUT2D eigenvalue weighted by molar-refractivity contribution is 6.46. The van der Waals surface area contributed by atoms with Crippen molar-refractivity contribution in [2.75, 3.05) is 7.11 Å².